The van der Waals surface area contributed by atoms with Crippen molar-refractivity contribution in [3.05, 3.63) is 48.0 Å². The number of ether oxygens (including phenoxy) is 2. The first-order chi connectivity index (χ1) is 13.6. The summed E-state index contributed by atoms with van der Waals surface area (Å²) in [5.74, 6) is 1.10. The molecule has 0 bridgehead atoms. The van der Waals surface area contributed by atoms with E-state index in [1.54, 1.807) is 13.0 Å². The van der Waals surface area contributed by atoms with Gasteiger partial charge in [0.05, 0.1) is 29.3 Å². The fourth-order valence-corrected chi connectivity index (χ4v) is 3.22. The van der Waals surface area contributed by atoms with Gasteiger partial charge in [-0.3, -0.25) is 5.32 Å². The van der Waals surface area contributed by atoms with Gasteiger partial charge in [0, 0.05) is 29.8 Å². The van der Waals surface area contributed by atoms with Gasteiger partial charge in [-0.25, -0.2) is 4.79 Å². The highest BCUT2D eigenvalue weighted by molar-refractivity contribution is 6.18. The molecular weight excluding hydrogens is 378 g/mol. The quantitative estimate of drug-likeness (QED) is 0.600. The van der Waals surface area contributed by atoms with Crippen LogP contribution in [0.4, 0.5) is 10.5 Å². The average molecular weight is 398 g/mol. The molecule has 0 aliphatic rings. The molecule has 144 valence electrons. The normalized spacial score (nSPS) is 10.5. The number of hydrogen-bond acceptors (Lipinski definition) is 4. The number of carbonyl (C=O) groups is 1. The van der Waals surface area contributed by atoms with Gasteiger partial charge in [-0.1, -0.05) is 12.1 Å². The second kappa shape index (κ2) is 8.68. The Balaban J connectivity index is 2.06. The van der Waals surface area contributed by atoms with Crippen LogP contribution in [0.5, 0.6) is 5.75 Å². The van der Waals surface area contributed by atoms with Crippen molar-refractivity contribution in [3.8, 4) is 23.1 Å². The predicted molar refractivity (Wildman–Crippen MR) is 110 cm³/mol. The molecule has 2 aromatic carbocycles. The van der Waals surface area contributed by atoms with Crippen molar-refractivity contribution in [2.45, 2.75) is 6.92 Å². The van der Waals surface area contributed by atoms with E-state index in [4.69, 9.17) is 21.1 Å². The minimum absolute atomic E-state index is 0.293. The standard InChI is InChI=1S/C21H20ClN3O3/c1-3-27-21(26)24-15-6-4-5-14(11-15)20-18(13-23)17-8-7-16(28-10-9-22)12-19(17)25(20)2/h4-8,11-12H,3,9-10H2,1-2H3,(H,24,26). The van der Waals surface area contributed by atoms with E-state index in [0.29, 0.717) is 36.1 Å². The van der Waals surface area contributed by atoms with E-state index < -0.39 is 6.09 Å². The van der Waals surface area contributed by atoms with E-state index >= 15 is 0 Å². The summed E-state index contributed by atoms with van der Waals surface area (Å²) in [5.41, 5.74) is 3.61. The molecule has 0 saturated carbocycles. The molecule has 1 aromatic heterocycles. The number of amides is 1. The maximum Gasteiger partial charge on any atom is 0.411 e. The third-order valence-corrected chi connectivity index (χ3v) is 4.44. The maximum atomic E-state index is 11.7. The van der Waals surface area contributed by atoms with Crippen LogP contribution in [0.3, 0.4) is 0 Å². The zero-order valence-corrected chi connectivity index (χ0v) is 16.4. The summed E-state index contributed by atoms with van der Waals surface area (Å²) < 4.78 is 12.5. The van der Waals surface area contributed by atoms with Gasteiger partial charge in [-0.05, 0) is 31.2 Å². The number of aromatic nitrogens is 1. The Kier molecular flexibility index (Phi) is 6.07. The van der Waals surface area contributed by atoms with Gasteiger partial charge in [0.2, 0.25) is 0 Å². The monoisotopic (exact) mass is 397 g/mol. The minimum atomic E-state index is -0.515. The Morgan fingerprint density at radius 3 is 2.82 bits per heavy atom. The molecule has 1 N–H and O–H groups in total. The number of anilines is 1. The SMILES string of the molecule is CCOC(=O)Nc1cccc(-c2c(C#N)c3ccc(OCCCl)cc3n2C)c1. The van der Waals surface area contributed by atoms with Crippen LogP contribution in [0.15, 0.2) is 42.5 Å². The molecule has 0 saturated heterocycles. The van der Waals surface area contributed by atoms with E-state index in [-0.39, 0.29) is 0 Å². The summed E-state index contributed by atoms with van der Waals surface area (Å²) in [5, 5.41) is 13.3. The van der Waals surface area contributed by atoms with Gasteiger partial charge in [0.25, 0.3) is 0 Å². The lowest BCUT2D eigenvalue weighted by Gasteiger charge is -2.09. The fraction of sp³-hybridized carbons (Fsp3) is 0.238. The molecule has 0 atom stereocenters. The van der Waals surface area contributed by atoms with Crippen LogP contribution in [-0.4, -0.2) is 29.8 Å². The maximum absolute atomic E-state index is 11.7. The summed E-state index contributed by atoms with van der Waals surface area (Å²) in [6, 6.07) is 15.2. The Labute approximate surface area is 168 Å². The zero-order chi connectivity index (χ0) is 20.1. The molecule has 7 heteroatoms. The van der Waals surface area contributed by atoms with Crippen molar-refractivity contribution in [2.24, 2.45) is 7.05 Å². The number of benzene rings is 2. The molecule has 6 nitrogen and oxygen atoms in total. The summed E-state index contributed by atoms with van der Waals surface area (Å²) in [6.07, 6.45) is -0.515. The average Bonchev–Trinajstić information content (AvgIpc) is 2.98. The van der Waals surface area contributed by atoms with Crippen molar-refractivity contribution in [3.63, 3.8) is 0 Å². The number of nitrogens with one attached hydrogen (secondary N) is 1. The van der Waals surface area contributed by atoms with Gasteiger partial charge < -0.3 is 14.0 Å². The first-order valence-corrected chi connectivity index (χ1v) is 9.38. The molecule has 3 rings (SSSR count). The lowest BCUT2D eigenvalue weighted by atomic mass is 10.1. The summed E-state index contributed by atoms with van der Waals surface area (Å²) in [7, 11) is 1.90. The Hall–Kier alpha value is -3.17. The van der Waals surface area contributed by atoms with Crippen molar-refractivity contribution in [1.29, 1.82) is 5.26 Å². The number of fused-ring (bicyclic) bond motifs is 1. The Morgan fingerprint density at radius 2 is 2.11 bits per heavy atom. The van der Waals surface area contributed by atoms with Crippen LogP contribution in [0.1, 0.15) is 12.5 Å². The lowest BCUT2D eigenvalue weighted by Crippen LogP contribution is -2.13. The number of alkyl halides is 1. The first kappa shape index (κ1) is 19.6. The fourth-order valence-electron chi connectivity index (χ4n) is 3.14. The molecule has 0 fully saturated rings. The lowest BCUT2D eigenvalue weighted by molar-refractivity contribution is 0.168. The number of halogens is 1. The molecule has 1 heterocycles. The van der Waals surface area contributed by atoms with Crippen LogP contribution >= 0.6 is 11.6 Å². The van der Waals surface area contributed by atoms with E-state index in [2.05, 4.69) is 11.4 Å². The molecule has 28 heavy (non-hydrogen) atoms. The highest BCUT2D eigenvalue weighted by atomic mass is 35.5. The van der Waals surface area contributed by atoms with Crippen molar-refractivity contribution >= 4 is 34.3 Å². The zero-order valence-electron chi connectivity index (χ0n) is 15.7. The van der Waals surface area contributed by atoms with Crippen LogP contribution in [0.25, 0.3) is 22.2 Å². The van der Waals surface area contributed by atoms with Gasteiger partial charge >= 0.3 is 6.09 Å². The number of hydrogen-bond donors (Lipinski definition) is 1. The van der Waals surface area contributed by atoms with Gasteiger partial charge in [-0.15, -0.1) is 11.6 Å². The van der Waals surface area contributed by atoms with Crippen molar-refractivity contribution in [1.82, 2.24) is 4.57 Å². The molecule has 0 unspecified atom stereocenters. The highest BCUT2D eigenvalue weighted by Gasteiger charge is 2.18. The van der Waals surface area contributed by atoms with E-state index in [1.165, 1.54) is 0 Å². The summed E-state index contributed by atoms with van der Waals surface area (Å²) in [6.45, 7) is 2.45. The molecule has 0 spiro atoms. The third kappa shape index (κ3) is 3.90. The molecule has 0 aliphatic heterocycles. The largest absolute Gasteiger partial charge is 0.492 e. The number of aryl methyl sites for hydroxylation is 1. The predicted octanol–water partition coefficient (Wildman–Crippen LogP) is 4.90. The molecular formula is C21H20ClN3O3. The third-order valence-electron chi connectivity index (χ3n) is 4.29. The van der Waals surface area contributed by atoms with Gasteiger partial charge in [-0.2, -0.15) is 5.26 Å². The molecule has 0 radical (unpaired) electrons. The van der Waals surface area contributed by atoms with Crippen LogP contribution in [0.2, 0.25) is 0 Å². The number of nitrogens with zero attached hydrogens (tertiary/aromatic N) is 2. The van der Waals surface area contributed by atoms with Crippen molar-refractivity contribution < 1.29 is 14.3 Å². The number of nitriles is 1. The summed E-state index contributed by atoms with van der Waals surface area (Å²) >= 11 is 5.69. The number of carbonyl (C=O) groups excluding carboxylic acids is 1. The minimum Gasteiger partial charge on any atom is -0.492 e. The number of rotatable bonds is 6. The second-order valence-corrected chi connectivity index (χ2v) is 6.42. The Bertz CT molecular complexity index is 1050. The molecule has 1 amide bonds. The van der Waals surface area contributed by atoms with Crippen LogP contribution in [0, 0.1) is 11.3 Å². The van der Waals surface area contributed by atoms with Crippen LogP contribution < -0.4 is 10.1 Å². The van der Waals surface area contributed by atoms with E-state index in [9.17, 15) is 10.1 Å². The first-order valence-electron chi connectivity index (χ1n) is 8.84. The smallest absolute Gasteiger partial charge is 0.411 e. The highest BCUT2D eigenvalue weighted by Crippen LogP contribution is 2.35. The van der Waals surface area contributed by atoms with Crippen molar-refractivity contribution in [2.75, 3.05) is 24.4 Å². The Morgan fingerprint density at radius 1 is 1.29 bits per heavy atom. The molecule has 0 aliphatic carbocycles. The molecule has 3 aromatic rings. The van der Waals surface area contributed by atoms with Crippen LogP contribution in [-0.2, 0) is 11.8 Å². The van der Waals surface area contributed by atoms with E-state index in [1.807, 2.05) is 48.0 Å². The van der Waals surface area contributed by atoms with E-state index in [0.717, 1.165) is 22.2 Å². The summed E-state index contributed by atoms with van der Waals surface area (Å²) in [4.78, 5) is 11.7. The topological polar surface area (TPSA) is 76.3 Å². The second-order valence-electron chi connectivity index (χ2n) is 6.04. The van der Waals surface area contributed by atoms with Gasteiger partial charge in [0.15, 0.2) is 0 Å². The van der Waals surface area contributed by atoms with Gasteiger partial charge in [0.1, 0.15) is 18.4 Å².